The highest BCUT2D eigenvalue weighted by molar-refractivity contribution is 9.10. The lowest BCUT2D eigenvalue weighted by Gasteiger charge is -2.27. The number of nitrogens with zero attached hydrogens (tertiary/aromatic N) is 1. The van der Waals surface area contributed by atoms with Crippen molar-refractivity contribution < 1.29 is 4.74 Å². The van der Waals surface area contributed by atoms with Crippen molar-refractivity contribution in [2.45, 2.75) is 17.8 Å². The SMILES string of the molecule is CN(c1ccc(Br)cc1CBr)C1CCOC1. The minimum atomic E-state index is 0.513. The van der Waals surface area contributed by atoms with Crippen molar-refractivity contribution in [3.63, 3.8) is 0 Å². The Kier molecular flexibility index (Phi) is 4.27. The van der Waals surface area contributed by atoms with Gasteiger partial charge in [0.05, 0.1) is 12.6 Å². The number of halogens is 2. The fourth-order valence-corrected chi connectivity index (χ4v) is 2.89. The van der Waals surface area contributed by atoms with Gasteiger partial charge in [-0.15, -0.1) is 0 Å². The fourth-order valence-electron chi connectivity index (χ4n) is 2.03. The smallest absolute Gasteiger partial charge is 0.0670 e. The Hall–Kier alpha value is -0.0600. The Morgan fingerprint density at radius 1 is 1.50 bits per heavy atom. The minimum absolute atomic E-state index is 0.513. The number of ether oxygens (including phenoxy) is 1. The molecule has 1 heterocycles. The first kappa shape index (κ1) is 12.4. The molecule has 0 spiro atoms. The maximum Gasteiger partial charge on any atom is 0.0670 e. The van der Waals surface area contributed by atoms with Gasteiger partial charge in [0.2, 0.25) is 0 Å². The number of anilines is 1. The van der Waals surface area contributed by atoms with Crippen LogP contribution in [0.25, 0.3) is 0 Å². The van der Waals surface area contributed by atoms with Crippen LogP contribution in [-0.2, 0) is 10.1 Å². The molecule has 0 bridgehead atoms. The van der Waals surface area contributed by atoms with Crippen molar-refractivity contribution in [3.05, 3.63) is 28.2 Å². The number of hydrogen-bond acceptors (Lipinski definition) is 2. The third kappa shape index (κ3) is 2.60. The highest BCUT2D eigenvalue weighted by Crippen LogP contribution is 2.28. The summed E-state index contributed by atoms with van der Waals surface area (Å²) in [6.07, 6.45) is 1.12. The van der Waals surface area contributed by atoms with Crippen molar-refractivity contribution >= 4 is 37.5 Å². The zero-order valence-corrected chi connectivity index (χ0v) is 12.4. The van der Waals surface area contributed by atoms with Crippen molar-refractivity contribution in [1.29, 1.82) is 0 Å². The van der Waals surface area contributed by atoms with E-state index in [2.05, 4.69) is 62.0 Å². The molecular weight excluding hydrogens is 334 g/mol. The minimum Gasteiger partial charge on any atom is -0.379 e. The molecule has 2 rings (SSSR count). The second kappa shape index (κ2) is 5.52. The summed E-state index contributed by atoms with van der Waals surface area (Å²) in [5.74, 6) is 0. The van der Waals surface area contributed by atoms with E-state index in [1.54, 1.807) is 0 Å². The van der Waals surface area contributed by atoms with Crippen LogP contribution in [-0.4, -0.2) is 26.3 Å². The number of likely N-dealkylation sites (N-methyl/N-ethyl adjacent to an activating group) is 1. The molecule has 0 aliphatic carbocycles. The summed E-state index contributed by atoms with van der Waals surface area (Å²) in [5.41, 5.74) is 2.60. The highest BCUT2D eigenvalue weighted by atomic mass is 79.9. The van der Waals surface area contributed by atoms with E-state index in [0.29, 0.717) is 6.04 Å². The van der Waals surface area contributed by atoms with E-state index in [1.165, 1.54) is 11.3 Å². The van der Waals surface area contributed by atoms with E-state index in [1.807, 2.05) is 0 Å². The summed E-state index contributed by atoms with van der Waals surface area (Å²) in [4.78, 5) is 2.33. The average molecular weight is 349 g/mol. The molecule has 0 N–H and O–H groups in total. The number of benzene rings is 1. The van der Waals surface area contributed by atoms with Crippen LogP contribution in [0.4, 0.5) is 5.69 Å². The van der Waals surface area contributed by atoms with Gasteiger partial charge in [0.25, 0.3) is 0 Å². The van der Waals surface area contributed by atoms with Gasteiger partial charge in [-0.3, -0.25) is 0 Å². The molecule has 88 valence electrons. The molecule has 1 aromatic carbocycles. The zero-order chi connectivity index (χ0) is 11.5. The third-order valence-electron chi connectivity index (χ3n) is 3.02. The summed E-state index contributed by atoms with van der Waals surface area (Å²) >= 11 is 7.05. The van der Waals surface area contributed by atoms with Crippen LogP contribution < -0.4 is 4.90 Å². The van der Waals surface area contributed by atoms with Gasteiger partial charge < -0.3 is 9.64 Å². The Morgan fingerprint density at radius 2 is 2.31 bits per heavy atom. The Labute approximate surface area is 113 Å². The zero-order valence-electron chi connectivity index (χ0n) is 9.25. The van der Waals surface area contributed by atoms with Gasteiger partial charge in [0.15, 0.2) is 0 Å². The van der Waals surface area contributed by atoms with Gasteiger partial charge in [-0.1, -0.05) is 31.9 Å². The van der Waals surface area contributed by atoms with Crippen LogP contribution in [0.5, 0.6) is 0 Å². The number of rotatable bonds is 3. The van der Waals surface area contributed by atoms with Gasteiger partial charge in [-0.05, 0) is 30.2 Å². The Bertz CT molecular complexity index is 364. The largest absolute Gasteiger partial charge is 0.379 e. The molecule has 1 fully saturated rings. The number of alkyl halides is 1. The molecular formula is C12H15Br2NO. The maximum atomic E-state index is 5.43. The molecule has 1 atom stereocenters. The first-order valence-corrected chi connectivity index (χ1v) is 7.29. The van der Waals surface area contributed by atoms with E-state index in [-0.39, 0.29) is 0 Å². The van der Waals surface area contributed by atoms with E-state index < -0.39 is 0 Å². The van der Waals surface area contributed by atoms with E-state index in [0.717, 1.165) is 29.4 Å². The van der Waals surface area contributed by atoms with Gasteiger partial charge in [0.1, 0.15) is 0 Å². The molecule has 0 aromatic heterocycles. The molecule has 0 amide bonds. The quantitative estimate of drug-likeness (QED) is 0.774. The van der Waals surface area contributed by atoms with Crippen LogP contribution in [0.2, 0.25) is 0 Å². The van der Waals surface area contributed by atoms with Crippen molar-refractivity contribution in [2.24, 2.45) is 0 Å². The highest BCUT2D eigenvalue weighted by Gasteiger charge is 2.21. The van der Waals surface area contributed by atoms with Crippen LogP contribution in [0.15, 0.2) is 22.7 Å². The average Bonchev–Trinajstić information content (AvgIpc) is 2.81. The fraction of sp³-hybridized carbons (Fsp3) is 0.500. The second-order valence-electron chi connectivity index (χ2n) is 4.03. The molecule has 16 heavy (non-hydrogen) atoms. The number of hydrogen-bond donors (Lipinski definition) is 0. The molecule has 1 saturated heterocycles. The van der Waals surface area contributed by atoms with Crippen LogP contribution >= 0.6 is 31.9 Å². The topological polar surface area (TPSA) is 12.5 Å². The first-order valence-electron chi connectivity index (χ1n) is 5.37. The summed E-state index contributed by atoms with van der Waals surface area (Å²) in [5, 5.41) is 0.875. The van der Waals surface area contributed by atoms with Crippen molar-refractivity contribution in [1.82, 2.24) is 0 Å². The van der Waals surface area contributed by atoms with E-state index in [4.69, 9.17) is 4.74 Å². The lowest BCUT2D eigenvalue weighted by Crippen LogP contribution is -2.32. The van der Waals surface area contributed by atoms with Crippen LogP contribution in [0.1, 0.15) is 12.0 Å². The molecule has 1 unspecified atom stereocenters. The standard InChI is InChI=1S/C12H15Br2NO/c1-15(11-4-5-16-8-11)12-3-2-10(14)6-9(12)7-13/h2-3,6,11H,4-5,7-8H2,1H3. The normalized spacial score (nSPS) is 20.1. The monoisotopic (exact) mass is 347 g/mol. The summed E-state index contributed by atoms with van der Waals surface area (Å²) in [6.45, 7) is 1.73. The molecule has 1 aliphatic heterocycles. The van der Waals surface area contributed by atoms with Gasteiger partial charge in [-0.25, -0.2) is 0 Å². The molecule has 1 aromatic rings. The van der Waals surface area contributed by atoms with Gasteiger partial charge in [-0.2, -0.15) is 0 Å². The van der Waals surface area contributed by atoms with Crippen LogP contribution in [0.3, 0.4) is 0 Å². The van der Waals surface area contributed by atoms with E-state index in [9.17, 15) is 0 Å². The molecule has 4 heteroatoms. The second-order valence-corrected chi connectivity index (χ2v) is 5.51. The molecule has 2 nitrogen and oxygen atoms in total. The summed E-state index contributed by atoms with van der Waals surface area (Å²) in [6, 6.07) is 6.93. The van der Waals surface area contributed by atoms with Gasteiger partial charge in [0, 0.05) is 29.1 Å². The van der Waals surface area contributed by atoms with Crippen molar-refractivity contribution in [2.75, 3.05) is 25.2 Å². The molecule has 1 aliphatic rings. The molecule has 0 saturated carbocycles. The summed E-state index contributed by atoms with van der Waals surface area (Å²) < 4.78 is 6.56. The first-order chi connectivity index (χ1) is 7.72. The van der Waals surface area contributed by atoms with Gasteiger partial charge >= 0.3 is 0 Å². The van der Waals surface area contributed by atoms with Crippen molar-refractivity contribution in [3.8, 4) is 0 Å². The predicted octanol–water partition coefficient (Wildman–Crippen LogP) is 3.57. The third-order valence-corrected chi connectivity index (χ3v) is 4.12. The summed E-state index contributed by atoms with van der Waals surface area (Å²) in [7, 11) is 2.15. The maximum absolute atomic E-state index is 5.43. The molecule has 0 radical (unpaired) electrons. The Balaban J connectivity index is 2.24. The van der Waals surface area contributed by atoms with E-state index >= 15 is 0 Å². The van der Waals surface area contributed by atoms with Crippen LogP contribution in [0, 0.1) is 0 Å². The lowest BCUT2D eigenvalue weighted by atomic mass is 10.1. The Morgan fingerprint density at radius 3 is 2.94 bits per heavy atom. The predicted molar refractivity (Wildman–Crippen MR) is 74.4 cm³/mol. The lowest BCUT2D eigenvalue weighted by molar-refractivity contribution is 0.193.